The lowest BCUT2D eigenvalue weighted by atomic mass is 10.1. The fraction of sp³-hybridized carbons (Fsp3) is 0.0769. The Labute approximate surface area is 123 Å². The van der Waals surface area contributed by atoms with E-state index in [4.69, 9.17) is 15.7 Å². The summed E-state index contributed by atoms with van der Waals surface area (Å²) in [6.45, 7) is 0. The molecule has 0 saturated carbocycles. The third kappa shape index (κ3) is 3.63. The highest BCUT2D eigenvalue weighted by molar-refractivity contribution is 7.13. The van der Waals surface area contributed by atoms with E-state index >= 15 is 0 Å². The van der Waals surface area contributed by atoms with Crippen molar-refractivity contribution in [1.82, 2.24) is 4.98 Å². The number of nitrogens with two attached hydrogens (primary N) is 1. The van der Waals surface area contributed by atoms with Crippen LogP contribution in [-0.2, 0) is 14.4 Å². The molecule has 0 amide bonds. The van der Waals surface area contributed by atoms with Gasteiger partial charge < -0.3 is 15.7 Å². The maximum atomic E-state index is 11.2. The number of oxime groups is 1. The van der Waals surface area contributed by atoms with Gasteiger partial charge in [0.2, 0.25) is 6.10 Å². The first-order chi connectivity index (χ1) is 10.1. The van der Waals surface area contributed by atoms with Gasteiger partial charge in [-0.3, -0.25) is 4.79 Å². The number of hydrogen-bond acceptors (Lipinski definition) is 7. The summed E-state index contributed by atoms with van der Waals surface area (Å²) in [5.74, 6) is -1.23. The number of thiazole rings is 1. The van der Waals surface area contributed by atoms with Gasteiger partial charge in [0, 0.05) is 10.9 Å². The van der Waals surface area contributed by atoms with Gasteiger partial charge in [-0.15, -0.1) is 11.3 Å². The second-order valence-electron chi connectivity index (χ2n) is 3.85. The number of aromatic nitrogens is 1. The number of carboxylic acid groups (broad SMARTS) is 1. The SMILES string of the molecule is Nc1nc(/C([C]=O)=N\OC(C(=O)O)c2ccccc2)cs1. The van der Waals surface area contributed by atoms with Gasteiger partial charge in [0.25, 0.3) is 6.29 Å². The van der Waals surface area contributed by atoms with Gasteiger partial charge in [-0.1, -0.05) is 35.5 Å². The molecule has 8 heteroatoms. The fourth-order valence-corrected chi connectivity index (χ4v) is 2.04. The number of carbonyl (C=O) groups is 1. The number of hydrogen-bond donors (Lipinski definition) is 2. The van der Waals surface area contributed by atoms with Crippen LogP contribution in [0.15, 0.2) is 40.9 Å². The molecule has 1 atom stereocenters. The lowest BCUT2D eigenvalue weighted by Gasteiger charge is -2.10. The van der Waals surface area contributed by atoms with E-state index in [1.54, 1.807) is 36.6 Å². The van der Waals surface area contributed by atoms with E-state index in [-0.39, 0.29) is 16.5 Å². The van der Waals surface area contributed by atoms with Gasteiger partial charge in [-0.2, -0.15) is 0 Å². The fourth-order valence-electron chi connectivity index (χ4n) is 1.50. The first-order valence-corrected chi connectivity index (χ1v) is 6.61. The molecule has 1 heterocycles. The maximum Gasteiger partial charge on any atom is 0.352 e. The average molecular weight is 304 g/mol. The molecule has 0 saturated heterocycles. The van der Waals surface area contributed by atoms with E-state index in [1.165, 1.54) is 5.38 Å². The Bertz CT molecular complexity index is 669. The number of rotatable bonds is 6. The van der Waals surface area contributed by atoms with Crippen molar-refractivity contribution in [3.05, 3.63) is 47.0 Å². The number of nitrogen functional groups attached to an aromatic ring is 1. The molecule has 107 valence electrons. The highest BCUT2D eigenvalue weighted by Crippen LogP contribution is 2.18. The van der Waals surface area contributed by atoms with Crippen molar-refractivity contribution < 1.29 is 19.5 Å². The van der Waals surface area contributed by atoms with Gasteiger partial charge in [-0.25, -0.2) is 9.78 Å². The molecule has 2 aromatic rings. The van der Waals surface area contributed by atoms with Crippen LogP contribution in [0.5, 0.6) is 0 Å². The normalized spacial score (nSPS) is 12.7. The number of carbonyl (C=O) groups excluding carboxylic acids is 1. The van der Waals surface area contributed by atoms with Crippen LogP contribution in [0.2, 0.25) is 0 Å². The Balaban J connectivity index is 2.23. The van der Waals surface area contributed by atoms with Crippen LogP contribution >= 0.6 is 11.3 Å². The summed E-state index contributed by atoms with van der Waals surface area (Å²) in [6.07, 6.45) is 0.220. The molecule has 7 nitrogen and oxygen atoms in total. The zero-order chi connectivity index (χ0) is 15.2. The lowest BCUT2D eigenvalue weighted by Crippen LogP contribution is -2.15. The smallest absolute Gasteiger partial charge is 0.352 e. The van der Waals surface area contributed by atoms with E-state index < -0.39 is 12.1 Å². The maximum absolute atomic E-state index is 11.2. The minimum absolute atomic E-state index is 0.185. The van der Waals surface area contributed by atoms with Crippen LogP contribution in [0.3, 0.4) is 0 Å². The van der Waals surface area contributed by atoms with Crippen LogP contribution in [0.25, 0.3) is 0 Å². The second kappa shape index (κ2) is 6.62. The van der Waals surface area contributed by atoms with Crippen LogP contribution in [0.4, 0.5) is 5.13 Å². The van der Waals surface area contributed by atoms with E-state index in [9.17, 15) is 9.59 Å². The first kappa shape index (κ1) is 14.7. The Kier molecular flexibility index (Phi) is 4.62. The third-order valence-electron chi connectivity index (χ3n) is 2.44. The van der Waals surface area contributed by atoms with Gasteiger partial charge in [-0.05, 0) is 0 Å². The van der Waals surface area contributed by atoms with Crippen molar-refractivity contribution in [2.45, 2.75) is 6.10 Å². The van der Waals surface area contributed by atoms with Crippen molar-refractivity contribution in [2.24, 2.45) is 5.16 Å². The summed E-state index contributed by atoms with van der Waals surface area (Å²) in [4.78, 5) is 30.9. The highest BCUT2D eigenvalue weighted by Gasteiger charge is 2.22. The Morgan fingerprint density at radius 2 is 2.14 bits per heavy atom. The van der Waals surface area contributed by atoms with E-state index in [0.29, 0.717) is 5.56 Å². The largest absolute Gasteiger partial charge is 0.478 e. The summed E-state index contributed by atoms with van der Waals surface area (Å²) in [6, 6.07) is 8.26. The molecule has 3 N–H and O–H groups in total. The molecule has 1 radical (unpaired) electrons. The van der Waals surface area contributed by atoms with Crippen LogP contribution in [0, 0.1) is 0 Å². The number of carboxylic acids is 1. The molecule has 0 aliphatic heterocycles. The van der Waals surface area contributed by atoms with E-state index in [0.717, 1.165) is 11.3 Å². The van der Waals surface area contributed by atoms with E-state index in [1.807, 2.05) is 0 Å². The molecule has 0 aliphatic rings. The van der Waals surface area contributed by atoms with Gasteiger partial charge in [0.05, 0.1) is 0 Å². The van der Waals surface area contributed by atoms with Crippen molar-refractivity contribution in [3.8, 4) is 0 Å². The zero-order valence-electron chi connectivity index (χ0n) is 10.6. The summed E-state index contributed by atoms with van der Waals surface area (Å²) in [5.41, 5.74) is 5.79. The Morgan fingerprint density at radius 3 is 2.67 bits per heavy atom. The number of anilines is 1. The number of aliphatic carboxylic acids is 1. The van der Waals surface area contributed by atoms with Gasteiger partial charge >= 0.3 is 5.97 Å². The van der Waals surface area contributed by atoms with Crippen LogP contribution in [0.1, 0.15) is 17.4 Å². The average Bonchev–Trinajstić information content (AvgIpc) is 2.90. The molecule has 0 bridgehead atoms. The predicted molar refractivity (Wildman–Crippen MR) is 76.7 cm³/mol. The second-order valence-corrected chi connectivity index (χ2v) is 4.74. The summed E-state index contributed by atoms with van der Waals surface area (Å²) in [7, 11) is 0. The molecule has 0 spiro atoms. The summed E-state index contributed by atoms with van der Waals surface area (Å²) in [5, 5.41) is 14.4. The monoisotopic (exact) mass is 304 g/mol. The van der Waals surface area contributed by atoms with Gasteiger partial charge in [0.15, 0.2) is 10.8 Å². The van der Waals surface area contributed by atoms with E-state index in [2.05, 4.69) is 10.1 Å². The minimum Gasteiger partial charge on any atom is -0.478 e. The summed E-state index contributed by atoms with van der Waals surface area (Å²) < 4.78 is 0. The molecular formula is C13H10N3O4S. The lowest BCUT2D eigenvalue weighted by molar-refractivity contribution is -0.150. The molecule has 1 aromatic carbocycles. The molecule has 0 aliphatic carbocycles. The molecule has 21 heavy (non-hydrogen) atoms. The molecular weight excluding hydrogens is 294 g/mol. The third-order valence-corrected chi connectivity index (χ3v) is 3.11. The van der Waals surface area contributed by atoms with Crippen molar-refractivity contribution in [2.75, 3.05) is 5.73 Å². The van der Waals surface area contributed by atoms with Crippen molar-refractivity contribution in [3.63, 3.8) is 0 Å². The molecule has 2 rings (SSSR count). The molecule has 1 unspecified atom stereocenters. The van der Waals surface area contributed by atoms with Gasteiger partial charge in [0.1, 0.15) is 5.69 Å². The highest BCUT2D eigenvalue weighted by atomic mass is 32.1. The minimum atomic E-state index is -1.33. The number of benzene rings is 1. The quantitative estimate of drug-likeness (QED) is 0.615. The molecule has 1 aromatic heterocycles. The predicted octanol–water partition coefficient (Wildman–Crippen LogP) is 1.38. The Hall–Kier alpha value is -2.74. The van der Waals surface area contributed by atoms with Crippen molar-refractivity contribution >= 4 is 34.4 Å². The number of nitrogens with zero attached hydrogens (tertiary/aromatic N) is 2. The topological polar surface area (TPSA) is 115 Å². The van der Waals surface area contributed by atoms with Crippen LogP contribution in [-0.4, -0.2) is 28.1 Å². The van der Waals surface area contributed by atoms with Crippen LogP contribution < -0.4 is 5.73 Å². The Morgan fingerprint density at radius 1 is 1.43 bits per heavy atom. The summed E-state index contributed by atoms with van der Waals surface area (Å²) >= 11 is 1.12. The standard InChI is InChI=1S/C13H10N3O4S/c14-13-15-10(7-21-13)9(6-17)16-20-11(12(18)19)8-4-2-1-3-5-8/h1-5,7,11H,(H2,14,15)(H,18,19)/b16-9-. The molecule has 0 fully saturated rings. The van der Waals surface area contributed by atoms with Crippen molar-refractivity contribution in [1.29, 1.82) is 0 Å². The zero-order valence-corrected chi connectivity index (χ0v) is 11.4. The first-order valence-electron chi connectivity index (χ1n) is 5.73.